The van der Waals surface area contributed by atoms with Crippen molar-refractivity contribution in [2.75, 3.05) is 20.8 Å². The highest BCUT2D eigenvalue weighted by Crippen LogP contribution is 2.42. The molecule has 0 unspecified atom stereocenters. The number of nitrogens with one attached hydrogen (secondary N) is 3. The lowest BCUT2D eigenvalue weighted by Crippen LogP contribution is -2.35. The van der Waals surface area contributed by atoms with Crippen molar-refractivity contribution in [1.29, 1.82) is 0 Å². The number of carbonyl (C=O) groups excluding carboxylic acids is 1. The van der Waals surface area contributed by atoms with Crippen LogP contribution in [0.25, 0.3) is 39.3 Å². The Hall–Kier alpha value is -4.33. The van der Waals surface area contributed by atoms with E-state index in [4.69, 9.17) is 47.7 Å². The van der Waals surface area contributed by atoms with Crippen LogP contribution >= 0.6 is 23.2 Å². The summed E-state index contributed by atoms with van der Waals surface area (Å²) < 4.78 is 13.1. The summed E-state index contributed by atoms with van der Waals surface area (Å²) in [6.07, 6.45) is 8.20. The number of fused-ring (bicyclic) bond motifs is 1. The van der Waals surface area contributed by atoms with Crippen molar-refractivity contribution in [3.05, 3.63) is 76.3 Å². The van der Waals surface area contributed by atoms with E-state index in [-0.39, 0.29) is 18.1 Å². The highest BCUT2D eigenvalue weighted by Gasteiger charge is 2.23. The van der Waals surface area contributed by atoms with Crippen molar-refractivity contribution in [2.24, 2.45) is 0 Å². The number of ether oxygens (including phenoxy) is 2. The van der Waals surface area contributed by atoms with E-state index in [1.165, 1.54) is 0 Å². The normalized spacial score (nSPS) is 19.0. The van der Waals surface area contributed by atoms with Crippen LogP contribution in [0.2, 0.25) is 10.0 Å². The summed E-state index contributed by atoms with van der Waals surface area (Å²) in [5.41, 5.74) is 5.55. The van der Waals surface area contributed by atoms with Crippen molar-refractivity contribution >= 4 is 34.8 Å². The number of aliphatic hydroxyl groups excluding tert-OH is 1. The molecule has 2 fully saturated rings. The molecule has 266 valence electrons. The Bertz CT molecular complexity index is 2050. The maximum absolute atomic E-state index is 11.5. The van der Waals surface area contributed by atoms with Crippen molar-refractivity contribution in [1.82, 2.24) is 40.5 Å². The number of aromatic nitrogens is 5. The minimum absolute atomic E-state index is 0.0954. The van der Waals surface area contributed by atoms with Crippen LogP contribution in [0, 0.1) is 0 Å². The largest absolute Gasteiger partial charge is 0.493 e. The molecule has 14 heteroatoms. The van der Waals surface area contributed by atoms with Crippen LogP contribution in [-0.4, -0.2) is 74.5 Å². The van der Waals surface area contributed by atoms with Gasteiger partial charge in [0, 0.05) is 71.8 Å². The molecule has 7 rings (SSSR count). The molecule has 0 spiro atoms. The first-order valence-corrected chi connectivity index (χ1v) is 17.9. The number of hydrogen-bond acceptors (Lipinski definition) is 10. The van der Waals surface area contributed by atoms with Gasteiger partial charge in [-0.15, -0.1) is 5.10 Å². The van der Waals surface area contributed by atoms with Crippen molar-refractivity contribution in [2.45, 2.75) is 69.8 Å². The zero-order valence-electron chi connectivity index (χ0n) is 28.5. The number of rotatable bonds is 12. The third-order valence-corrected chi connectivity index (χ3v) is 10.3. The van der Waals surface area contributed by atoms with E-state index < -0.39 is 0 Å². The molecule has 5 aromatic rings. The van der Waals surface area contributed by atoms with Gasteiger partial charge in [-0.05, 0) is 50.3 Å². The van der Waals surface area contributed by atoms with Crippen LogP contribution in [0.15, 0.2) is 54.9 Å². The second-order valence-electron chi connectivity index (χ2n) is 13.0. The second-order valence-corrected chi connectivity index (χ2v) is 13.7. The summed E-state index contributed by atoms with van der Waals surface area (Å²) in [5, 5.41) is 25.4. The first-order chi connectivity index (χ1) is 24.8. The minimum Gasteiger partial charge on any atom is -0.493 e. The molecule has 1 aliphatic carbocycles. The van der Waals surface area contributed by atoms with E-state index in [2.05, 4.69) is 20.9 Å². The fraction of sp³-hybridized carbons (Fsp3) is 0.378. The van der Waals surface area contributed by atoms with Gasteiger partial charge in [0.1, 0.15) is 0 Å². The molecule has 4 aromatic heterocycles. The van der Waals surface area contributed by atoms with Gasteiger partial charge < -0.3 is 30.5 Å². The molecule has 1 aromatic carbocycles. The molecule has 0 radical (unpaired) electrons. The number of nitrogens with zero attached hydrogens (tertiary/aromatic N) is 5. The molecule has 1 saturated heterocycles. The fourth-order valence-corrected chi connectivity index (χ4v) is 7.45. The number of methoxy groups -OCH3 is 2. The Kier molecular flexibility index (Phi) is 10.7. The molecule has 1 aliphatic heterocycles. The SMILES string of the molecule is COc1nc(-c2cccc(-c3ccnc(-c4cc(OC)c5nc(CNC6CCC(O)CC6)nn5c4)c3Cl)c2Cl)ccc1CNC[C@H]1CCC(=O)N1. The average molecular weight is 732 g/mol. The summed E-state index contributed by atoms with van der Waals surface area (Å²) in [5.74, 6) is 1.77. The van der Waals surface area contributed by atoms with Gasteiger partial charge in [-0.3, -0.25) is 9.78 Å². The lowest BCUT2D eigenvalue weighted by Gasteiger charge is -2.25. The number of amides is 1. The zero-order chi connectivity index (χ0) is 35.5. The van der Waals surface area contributed by atoms with Crippen molar-refractivity contribution < 1.29 is 19.4 Å². The fourth-order valence-electron chi connectivity index (χ4n) is 6.80. The minimum atomic E-state index is -0.204. The van der Waals surface area contributed by atoms with E-state index in [0.29, 0.717) is 87.8 Å². The highest BCUT2D eigenvalue weighted by molar-refractivity contribution is 6.39. The molecule has 2 aliphatic rings. The maximum Gasteiger partial charge on any atom is 0.220 e. The van der Waals surface area contributed by atoms with E-state index in [1.807, 2.05) is 48.7 Å². The lowest BCUT2D eigenvalue weighted by atomic mass is 9.93. The summed E-state index contributed by atoms with van der Waals surface area (Å²) in [6.45, 7) is 1.72. The monoisotopic (exact) mass is 730 g/mol. The van der Waals surface area contributed by atoms with Gasteiger partial charge in [-0.1, -0.05) is 47.5 Å². The lowest BCUT2D eigenvalue weighted by molar-refractivity contribution is -0.119. The van der Waals surface area contributed by atoms with E-state index in [0.717, 1.165) is 48.8 Å². The van der Waals surface area contributed by atoms with Gasteiger partial charge in [0.25, 0.3) is 0 Å². The number of halogens is 2. The highest BCUT2D eigenvalue weighted by atomic mass is 35.5. The van der Waals surface area contributed by atoms with Gasteiger partial charge in [-0.25, -0.2) is 14.5 Å². The Morgan fingerprint density at radius 3 is 2.53 bits per heavy atom. The van der Waals surface area contributed by atoms with Crippen molar-refractivity contribution in [3.8, 4) is 45.3 Å². The smallest absolute Gasteiger partial charge is 0.220 e. The summed E-state index contributed by atoms with van der Waals surface area (Å²) in [6, 6.07) is 13.8. The Morgan fingerprint density at radius 1 is 0.961 bits per heavy atom. The van der Waals surface area contributed by atoms with E-state index in [1.54, 1.807) is 24.9 Å². The van der Waals surface area contributed by atoms with Gasteiger partial charge >= 0.3 is 0 Å². The topological polar surface area (TPSA) is 148 Å². The summed E-state index contributed by atoms with van der Waals surface area (Å²) >= 11 is 14.2. The second kappa shape index (κ2) is 15.5. The summed E-state index contributed by atoms with van der Waals surface area (Å²) in [4.78, 5) is 25.7. The number of carbonyl (C=O) groups is 1. The molecular formula is C37H40Cl2N8O4. The number of aliphatic hydroxyl groups is 1. The predicted octanol–water partition coefficient (Wildman–Crippen LogP) is 5.61. The van der Waals surface area contributed by atoms with Gasteiger partial charge in [0.05, 0.1) is 48.3 Å². The molecule has 12 nitrogen and oxygen atoms in total. The Labute approximate surface area is 305 Å². The number of pyridine rings is 3. The number of hydrogen-bond donors (Lipinski definition) is 4. The van der Waals surface area contributed by atoms with Gasteiger partial charge in [0.2, 0.25) is 11.8 Å². The van der Waals surface area contributed by atoms with Crippen LogP contribution in [0.1, 0.15) is 49.9 Å². The molecule has 1 amide bonds. The van der Waals surface area contributed by atoms with Crippen LogP contribution < -0.4 is 25.4 Å². The predicted molar refractivity (Wildman–Crippen MR) is 196 cm³/mol. The molecular weight excluding hydrogens is 691 g/mol. The summed E-state index contributed by atoms with van der Waals surface area (Å²) in [7, 11) is 3.19. The quantitative estimate of drug-likeness (QED) is 0.128. The van der Waals surface area contributed by atoms with E-state index >= 15 is 0 Å². The third-order valence-electron chi connectivity index (χ3n) is 9.56. The van der Waals surface area contributed by atoms with Crippen LogP contribution in [0.3, 0.4) is 0 Å². The van der Waals surface area contributed by atoms with Crippen molar-refractivity contribution in [3.63, 3.8) is 0 Å². The molecule has 4 N–H and O–H groups in total. The van der Waals surface area contributed by atoms with Crippen LogP contribution in [-0.2, 0) is 17.9 Å². The third kappa shape index (κ3) is 7.65. The van der Waals surface area contributed by atoms with Crippen LogP contribution in [0.4, 0.5) is 0 Å². The zero-order valence-corrected chi connectivity index (χ0v) is 30.0. The molecule has 1 saturated carbocycles. The Balaban J connectivity index is 1.13. The molecule has 51 heavy (non-hydrogen) atoms. The molecule has 1 atom stereocenters. The average Bonchev–Trinajstić information content (AvgIpc) is 3.76. The first kappa shape index (κ1) is 35.1. The standard InChI is InChI=1S/C37H40Cl2N8O4/c1-50-30-16-22(20-47-36(30)45-31(46-47)19-42-23-7-10-25(48)11-8-23)35-34(39)27(14-15-41-35)26-4-3-5-28(33(26)38)29-12-6-21(37(44-29)51-2)17-40-18-24-9-13-32(49)43-24/h3-6,12,14-16,20,23-25,40,42,48H,7-11,13,17-19H2,1-2H3,(H,43,49)/t23?,24-,25?/m1/s1. The molecule has 0 bridgehead atoms. The maximum atomic E-state index is 11.5. The Morgan fingerprint density at radius 2 is 1.76 bits per heavy atom. The van der Waals surface area contributed by atoms with E-state index in [9.17, 15) is 9.90 Å². The van der Waals surface area contributed by atoms with Gasteiger partial charge in [0.15, 0.2) is 17.2 Å². The van der Waals surface area contributed by atoms with Crippen LogP contribution in [0.5, 0.6) is 11.6 Å². The van der Waals surface area contributed by atoms with Gasteiger partial charge in [-0.2, -0.15) is 0 Å². The molecule has 5 heterocycles. The number of benzene rings is 1. The first-order valence-electron chi connectivity index (χ1n) is 17.1.